The summed E-state index contributed by atoms with van der Waals surface area (Å²) in [6, 6.07) is 185. The van der Waals surface area contributed by atoms with Gasteiger partial charge in [-0.25, -0.2) is 0 Å². The Morgan fingerprint density at radius 1 is 0.147 bits per heavy atom. The zero-order valence-corrected chi connectivity index (χ0v) is 85.0. The second-order valence-corrected chi connectivity index (χ2v) is 43.4. The van der Waals surface area contributed by atoms with E-state index in [4.69, 9.17) is 0 Å². The molecule has 0 radical (unpaired) electrons. The Balaban J connectivity index is 0.000000142. The zero-order valence-electron chi connectivity index (χ0n) is 85.0. The maximum absolute atomic E-state index is 2.46. The molecule has 0 bridgehead atoms. The average Bonchev–Trinajstić information content (AvgIpc) is 1.53. The summed E-state index contributed by atoms with van der Waals surface area (Å²) in [5.74, 6) is 0. The first-order valence-corrected chi connectivity index (χ1v) is 52.7. The van der Waals surface area contributed by atoms with Gasteiger partial charge < -0.3 is 28.7 Å². The van der Waals surface area contributed by atoms with Crippen molar-refractivity contribution >= 4 is 176 Å². The lowest BCUT2D eigenvalue weighted by Gasteiger charge is -2.29. The third-order valence-corrected chi connectivity index (χ3v) is 33.7. The fourth-order valence-corrected chi connectivity index (χ4v) is 27.1. The second kappa shape index (κ2) is 33.6. The summed E-state index contributed by atoms with van der Waals surface area (Å²) in [6.07, 6.45) is 0. The summed E-state index contributed by atoms with van der Waals surface area (Å²) in [5.41, 5.74) is 41.6. The molecule has 6 nitrogen and oxygen atoms in total. The van der Waals surface area contributed by atoms with E-state index in [1.54, 1.807) is 0 Å². The van der Waals surface area contributed by atoms with Crippen molar-refractivity contribution in [2.75, 3.05) is 19.6 Å². The molecule has 0 unspecified atom stereocenters. The molecule has 2 aromatic heterocycles. The molecule has 0 aliphatic heterocycles. The molecule has 4 aliphatic rings. The summed E-state index contributed by atoms with van der Waals surface area (Å²) < 4.78 is 4.77. The van der Waals surface area contributed by atoms with Gasteiger partial charge in [0, 0.05) is 123 Å². The van der Waals surface area contributed by atoms with Crippen LogP contribution in [0.2, 0.25) is 0 Å². The van der Waals surface area contributed by atoms with E-state index in [0.717, 1.165) is 79.6 Å². The van der Waals surface area contributed by atoms with Crippen LogP contribution in [0.5, 0.6) is 0 Å². The highest BCUT2D eigenvalue weighted by Crippen LogP contribution is 2.62. The van der Waals surface area contributed by atoms with Crippen LogP contribution in [0.3, 0.4) is 0 Å². The maximum Gasteiger partial charge on any atom is 0.0542 e. The summed E-state index contributed by atoms with van der Waals surface area (Å²) in [4.78, 5) is 9.73. The highest BCUT2D eigenvalue weighted by atomic mass is 15.2. The van der Waals surface area contributed by atoms with Crippen molar-refractivity contribution in [2.45, 2.75) is 77.0 Å². The molecule has 4 aliphatic carbocycles. The Labute approximate surface area is 873 Å². The minimum atomic E-state index is -0.316. The van der Waals surface area contributed by atoms with Crippen molar-refractivity contribution in [3.8, 4) is 55.9 Å². The molecule has 6 heteroatoms. The van der Waals surface area contributed by atoms with Gasteiger partial charge in [0.2, 0.25) is 0 Å². The largest absolute Gasteiger partial charge is 0.310 e. The van der Waals surface area contributed by atoms with Gasteiger partial charge in [-0.05, 0) is 348 Å². The van der Waals surface area contributed by atoms with Crippen molar-refractivity contribution in [1.29, 1.82) is 0 Å². The number of para-hydroxylation sites is 8. The Kier molecular flexibility index (Phi) is 19.7. The predicted molar refractivity (Wildman–Crippen MR) is 636 cm³/mol. The molecule has 150 heavy (non-hydrogen) atoms. The van der Waals surface area contributed by atoms with Crippen LogP contribution in [0.1, 0.15) is 99.9 Å². The van der Waals surface area contributed by atoms with Crippen LogP contribution < -0.4 is 19.6 Å². The Morgan fingerprint density at radius 2 is 0.407 bits per heavy atom. The number of hydrogen-bond donors (Lipinski definition) is 0. The zero-order chi connectivity index (χ0) is 100. The normalized spacial score (nSPS) is 13.8. The van der Waals surface area contributed by atoms with Gasteiger partial charge in [0.1, 0.15) is 0 Å². The monoisotopic (exact) mass is 1920 g/mol. The van der Waals surface area contributed by atoms with Crippen LogP contribution in [0.4, 0.5) is 68.2 Å². The van der Waals surface area contributed by atoms with E-state index in [9.17, 15) is 0 Å². The molecule has 0 fully saturated rings. The predicted octanol–water partition coefficient (Wildman–Crippen LogP) is 39.6. The van der Waals surface area contributed by atoms with Gasteiger partial charge in [-0.3, -0.25) is 0 Å². The lowest BCUT2D eigenvalue weighted by Crippen LogP contribution is -2.17. The van der Waals surface area contributed by atoms with Crippen molar-refractivity contribution < 1.29 is 0 Å². The lowest BCUT2D eigenvalue weighted by molar-refractivity contribution is 0.660. The van der Waals surface area contributed by atoms with Crippen LogP contribution >= 0.6 is 0 Å². The summed E-state index contributed by atoms with van der Waals surface area (Å²) in [5, 5.41) is 20.2. The fraction of sp³-hybridized carbons (Fsp3) is 0.0833. The molecule has 30 rings (SSSR count). The Hall–Kier alpha value is -18.4. The number of aromatic nitrogens is 2. The van der Waals surface area contributed by atoms with Gasteiger partial charge in [-0.2, -0.15) is 0 Å². The highest BCUT2D eigenvalue weighted by molar-refractivity contribution is 6.23. The smallest absolute Gasteiger partial charge is 0.0542 e. The minimum Gasteiger partial charge on any atom is -0.310 e. The number of fused-ring (bicyclic) bond motifs is 32. The fourth-order valence-electron chi connectivity index (χ4n) is 27.1. The van der Waals surface area contributed by atoms with Crippen LogP contribution in [-0.4, -0.2) is 9.13 Å². The van der Waals surface area contributed by atoms with Gasteiger partial charge in [0.05, 0.1) is 22.1 Å². The molecule has 0 amide bonds. The molecule has 24 aromatic carbocycles. The summed E-state index contributed by atoms with van der Waals surface area (Å²) in [6.45, 7) is 19.3. The maximum atomic E-state index is 2.46. The standard InChI is InChI=1S/C75H52N4.C69H54N2/c1-75(2)73-58-41-36-54(76(50-21-7-3-8-22-50)56-38-43-70-66(47-56)60-30-17-19-33-68(60)78(70)52-25-11-5-12-26-52)45-49(58)35-40-64(73)72-62-32-16-15-29-59(62)65-46-55(37-42-63(65)74(72)75)77(51-23-9-4-10-24-51)57-39-44-71-67(48-57)61-31-18-20-34-69(61)79(71)53-27-13-6-14-28-53;1-67(2)60-27-17-15-24-52(60)54-36-31-48(41-62(54)67)70(44-19-9-7-10-20-44)46-30-35-50-43(39-46)29-34-58-64-56-26-14-13-23-51(56)59-40-47(33-38-57(59)66(64)69(5,6)65(50)58)71(45-21-11-8-12-22-45)49-32-37-55-53-25-16-18-28-61(53)68(3,4)63(55)42-49/h3-48H,1-2H3;7-42H,1-6H3. The lowest BCUT2D eigenvalue weighted by atomic mass is 9.77. The van der Waals surface area contributed by atoms with Gasteiger partial charge in [0.15, 0.2) is 0 Å². The van der Waals surface area contributed by atoms with E-state index in [-0.39, 0.29) is 21.7 Å². The molecule has 0 saturated heterocycles. The first kappa shape index (κ1) is 88.2. The number of hydrogen-bond acceptors (Lipinski definition) is 4. The summed E-state index contributed by atoms with van der Waals surface area (Å²) in [7, 11) is 0. The van der Waals surface area contributed by atoms with Crippen LogP contribution in [0, 0.1) is 0 Å². The van der Waals surface area contributed by atoms with Gasteiger partial charge in [-0.1, -0.05) is 359 Å². The molecular weight excluding hydrogens is 1810 g/mol. The van der Waals surface area contributed by atoms with Gasteiger partial charge in [-0.15, -0.1) is 0 Å². The number of benzene rings is 24. The van der Waals surface area contributed by atoms with Crippen LogP contribution in [0.15, 0.2) is 497 Å². The Bertz CT molecular complexity index is 10100. The molecular formula is C144H106N6. The number of anilines is 12. The number of nitrogens with zero attached hydrogens (tertiary/aromatic N) is 6. The molecule has 0 spiro atoms. The Morgan fingerprint density at radius 3 is 0.773 bits per heavy atom. The second-order valence-electron chi connectivity index (χ2n) is 43.4. The van der Waals surface area contributed by atoms with Crippen LogP contribution in [-0.2, 0) is 21.7 Å². The highest BCUT2D eigenvalue weighted by Gasteiger charge is 2.44. The van der Waals surface area contributed by atoms with Crippen molar-refractivity contribution in [3.05, 3.63) is 542 Å². The van der Waals surface area contributed by atoms with Crippen LogP contribution in [0.25, 0.3) is 164 Å². The molecule has 26 aromatic rings. The molecule has 2 heterocycles. The van der Waals surface area contributed by atoms with Crippen molar-refractivity contribution in [1.82, 2.24) is 9.13 Å². The molecule has 0 atom stereocenters. The van der Waals surface area contributed by atoms with E-state index in [2.05, 4.69) is 582 Å². The first-order valence-electron chi connectivity index (χ1n) is 52.7. The van der Waals surface area contributed by atoms with Gasteiger partial charge >= 0.3 is 0 Å². The first-order chi connectivity index (χ1) is 73.5. The van der Waals surface area contributed by atoms with Crippen molar-refractivity contribution in [2.24, 2.45) is 0 Å². The van der Waals surface area contributed by atoms with E-state index >= 15 is 0 Å². The quantitative estimate of drug-likeness (QED) is 0.101. The topological polar surface area (TPSA) is 22.8 Å². The number of rotatable bonds is 14. The minimum absolute atomic E-state index is 0.0981. The third kappa shape index (κ3) is 13.3. The molecule has 0 saturated carbocycles. The van der Waals surface area contributed by atoms with E-state index in [0.29, 0.717) is 0 Å². The van der Waals surface area contributed by atoms with E-state index < -0.39 is 0 Å². The van der Waals surface area contributed by atoms with Crippen molar-refractivity contribution in [3.63, 3.8) is 0 Å². The average molecular weight is 1920 g/mol. The third-order valence-electron chi connectivity index (χ3n) is 33.7. The van der Waals surface area contributed by atoms with E-state index in [1.165, 1.54) is 197 Å². The molecule has 0 N–H and O–H groups in total. The SMILES string of the molecule is CC1(C)c2c(ccc3cc(N(c4ccccc4)c4ccc5c(c4)c4ccccc4n5-c4ccccc4)ccc23)-c2c1c1ccc(N(c3ccccc3)c3ccc4c(c3)c3ccccc3n4-c3ccccc3)cc1c1ccccc21.CC1(C)c2ccccc2-c2ccc(N(c3ccccc3)c3ccc4c5c(ccc4c3)-c3c(c4ccc(N(c6ccccc6)c6ccc7c(c6)C(C)(C)c6ccccc6-7)cc4c4ccccc34)C5(C)C)cc21. The summed E-state index contributed by atoms with van der Waals surface area (Å²) >= 11 is 0. The van der Waals surface area contributed by atoms with E-state index in [1.807, 2.05) is 0 Å². The molecule has 712 valence electrons. The van der Waals surface area contributed by atoms with Gasteiger partial charge in [0.25, 0.3) is 0 Å².